The largest absolute Gasteiger partial charge is 0.353 e. The number of nitrogens with two attached hydrogens (primary N) is 1. The van der Waals surface area contributed by atoms with Crippen LogP contribution >= 0.6 is 0 Å². The topological polar surface area (TPSA) is 75.3 Å². The van der Waals surface area contributed by atoms with Crippen LogP contribution in [0.4, 0.5) is 5.82 Å². The number of carbonyl (C=O) groups excluding carboxylic acids is 1. The predicted molar refractivity (Wildman–Crippen MR) is 93.4 cm³/mol. The Balaban J connectivity index is 1.68. The molecule has 2 unspecified atom stereocenters. The molecule has 2 heterocycles. The third-order valence-corrected chi connectivity index (χ3v) is 4.60. The van der Waals surface area contributed by atoms with Gasteiger partial charge in [0.2, 0.25) is 5.91 Å². The average molecular weight is 325 g/mol. The highest BCUT2D eigenvalue weighted by molar-refractivity contribution is 5.83. The lowest BCUT2D eigenvalue weighted by Crippen LogP contribution is -2.50. The van der Waals surface area contributed by atoms with Gasteiger partial charge in [-0.1, -0.05) is 30.3 Å². The molecule has 1 amide bonds. The molecule has 3 rings (SSSR count). The maximum Gasteiger partial charge on any atom is 0.244 e. The highest BCUT2D eigenvalue weighted by Gasteiger charge is 2.29. The number of anilines is 1. The normalized spacial score (nSPS) is 18.9. The number of carbonyl (C=O) groups is 1. The number of hydrogen-bond donors (Lipinski definition) is 1. The van der Waals surface area contributed by atoms with E-state index in [0.717, 1.165) is 37.3 Å². The summed E-state index contributed by atoms with van der Waals surface area (Å²) in [4.78, 5) is 16.7. The van der Waals surface area contributed by atoms with E-state index in [1.807, 2.05) is 49.5 Å². The van der Waals surface area contributed by atoms with Crippen LogP contribution in [0.1, 0.15) is 24.4 Å². The average Bonchev–Trinajstić information content (AvgIpc) is 2.67. The summed E-state index contributed by atoms with van der Waals surface area (Å²) in [7, 11) is 1.84. The summed E-state index contributed by atoms with van der Waals surface area (Å²) < 4.78 is 0. The van der Waals surface area contributed by atoms with E-state index in [9.17, 15) is 4.79 Å². The van der Waals surface area contributed by atoms with Gasteiger partial charge in [-0.15, -0.1) is 5.10 Å². The molecule has 24 heavy (non-hydrogen) atoms. The SMILES string of the molecule is CN(C(=O)C(N)c1ccccc1)C1CCCN(c2cccnn2)C1. The van der Waals surface area contributed by atoms with E-state index < -0.39 is 6.04 Å². The van der Waals surface area contributed by atoms with Crippen LogP contribution in [-0.4, -0.2) is 47.2 Å². The third kappa shape index (κ3) is 3.54. The first kappa shape index (κ1) is 16.4. The maximum absolute atomic E-state index is 12.7. The lowest BCUT2D eigenvalue weighted by atomic mass is 10.0. The highest BCUT2D eigenvalue weighted by Crippen LogP contribution is 2.22. The summed E-state index contributed by atoms with van der Waals surface area (Å²) in [5, 5.41) is 8.11. The molecule has 0 radical (unpaired) electrons. The van der Waals surface area contributed by atoms with E-state index in [-0.39, 0.29) is 11.9 Å². The van der Waals surface area contributed by atoms with E-state index in [2.05, 4.69) is 15.1 Å². The Kier molecular flexibility index (Phi) is 5.05. The van der Waals surface area contributed by atoms with Crippen molar-refractivity contribution in [3.05, 3.63) is 54.2 Å². The van der Waals surface area contributed by atoms with Gasteiger partial charge in [-0.05, 0) is 30.5 Å². The van der Waals surface area contributed by atoms with Gasteiger partial charge in [-0.25, -0.2) is 0 Å². The molecule has 0 saturated carbocycles. The van der Waals surface area contributed by atoms with Crippen LogP contribution in [0.2, 0.25) is 0 Å². The molecule has 2 atom stereocenters. The van der Waals surface area contributed by atoms with Gasteiger partial charge < -0.3 is 15.5 Å². The second-order valence-electron chi connectivity index (χ2n) is 6.16. The Labute approximate surface area is 142 Å². The molecule has 0 spiro atoms. The maximum atomic E-state index is 12.7. The standard InChI is InChI=1S/C18H23N5O/c1-22(18(24)17(19)14-7-3-2-4-8-14)15-9-6-12-23(13-15)16-10-5-11-20-21-16/h2-5,7-8,10-11,15,17H,6,9,12-13,19H2,1H3. The monoisotopic (exact) mass is 325 g/mol. The first-order valence-corrected chi connectivity index (χ1v) is 8.26. The van der Waals surface area contributed by atoms with E-state index in [1.165, 1.54) is 0 Å². The third-order valence-electron chi connectivity index (χ3n) is 4.60. The van der Waals surface area contributed by atoms with Gasteiger partial charge in [0.15, 0.2) is 5.82 Å². The van der Waals surface area contributed by atoms with E-state index in [0.29, 0.717) is 0 Å². The molecule has 2 aromatic rings. The zero-order chi connectivity index (χ0) is 16.9. The zero-order valence-electron chi connectivity index (χ0n) is 13.9. The van der Waals surface area contributed by atoms with Crippen molar-refractivity contribution < 1.29 is 4.79 Å². The quantitative estimate of drug-likeness (QED) is 0.924. The first-order chi connectivity index (χ1) is 11.7. The molecular formula is C18H23N5O. The number of hydrogen-bond acceptors (Lipinski definition) is 5. The van der Waals surface area contributed by atoms with Crippen LogP contribution in [0, 0.1) is 0 Å². The minimum atomic E-state index is -0.622. The molecule has 1 aromatic carbocycles. The van der Waals surface area contributed by atoms with Crippen molar-refractivity contribution in [2.75, 3.05) is 25.0 Å². The minimum absolute atomic E-state index is 0.0489. The summed E-state index contributed by atoms with van der Waals surface area (Å²) >= 11 is 0. The molecular weight excluding hydrogens is 302 g/mol. The molecule has 1 aliphatic heterocycles. The van der Waals surface area contributed by atoms with Crippen molar-refractivity contribution in [1.82, 2.24) is 15.1 Å². The molecule has 6 heteroatoms. The molecule has 126 valence electrons. The summed E-state index contributed by atoms with van der Waals surface area (Å²) in [5.74, 6) is 0.808. The Bertz CT molecular complexity index is 664. The number of likely N-dealkylation sites (N-methyl/N-ethyl adjacent to an activating group) is 1. The number of benzene rings is 1. The van der Waals surface area contributed by atoms with E-state index in [1.54, 1.807) is 11.1 Å². The van der Waals surface area contributed by atoms with Crippen LogP contribution in [0.3, 0.4) is 0 Å². The second kappa shape index (κ2) is 7.40. The van der Waals surface area contributed by atoms with Gasteiger partial charge in [0.25, 0.3) is 0 Å². The Morgan fingerprint density at radius 2 is 2.08 bits per heavy atom. The van der Waals surface area contributed by atoms with Gasteiger partial charge in [0, 0.05) is 32.4 Å². The van der Waals surface area contributed by atoms with Crippen molar-refractivity contribution in [3.8, 4) is 0 Å². The number of nitrogens with zero attached hydrogens (tertiary/aromatic N) is 4. The molecule has 2 N–H and O–H groups in total. The molecule has 1 fully saturated rings. The van der Waals surface area contributed by atoms with Gasteiger partial charge in [0.1, 0.15) is 6.04 Å². The molecule has 6 nitrogen and oxygen atoms in total. The number of amides is 1. The van der Waals surface area contributed by atoms with Crippen LogP contribution in [-0.2, 0) is 4.79 Å². The van der Waals surface area contributed by atoms with Crippen molar-refractivity contribution >= 4 is 11.7 Å². The van der Waals surface area contributed by atoms with Gasteiger partial charge in [-0.2, -0.15) is 5.10 Å². The number of aromatic nitrogens is 2. The van der Waals surface area contributed by atoms with E-state index in [4.69, 9.17) is 5.73 Å². The summed E-state index contributed by atoms with van der Waals surface area (Å²) in [6, 6.07) is 12.8. The fourth-order valence-electron chi connectivity index (χ4n) is 3.14. The molecule has 0 aliphatic carbocycles. The molecule has 0 bridgehead atoms. The highest BCUT2D eigenvalue weighted by atomic mass is 16.2. The molecule has 1 aliphatic rings. The van der Waals surface area contributed by atoms with Gasteiger partial charge >= 0.3 is 0 Å². The second-order valence-corrected chi connectivity index (χ2v) is 6.16. The summed E-state index contributed by atoms with van der Waals surface area (Å²) in [6.07, 6.45) is 3.65. The van der Waals surface area contributed by atoms with Crippen molar-refractivity contribution in [2.24, 2.45) is 5.73 Å². The Hall–Kier alpha value is -2.47. The van der Waals surface area contributed by atoms with Gasteiger partial charge in [-0.3, -0.25) is 4.79 Å². The smallest absolute Gasteiger partial charge is 0.244 e. The fourth-order valence-corrected chi connectivity index (χ4v) is 3.14. The van der Waals surface area contributed by atoms with Crippen LogP contribution in [0.5, 0.6) is 0 Å². The summed E-state index contributed by atoms with van der Waals surface area (Å²) in [6.45, 7) is 1.68. The molecule has 1 aromatic heterocycles. The fraction of sp³-hybridized carbons (Fsp3) is 0.389. The van der Waals surface area contributed by atoms with Crippen LogP contribution in [0.25, 0.3) is 0 Å². The lowest BCUT2D eigenvalue weighted by Gasteiger charge is -2.38. The van der Waals surface area contributed by atoms with Crippen molar-refractivity contribution in [1.29, 1.82) is 0 Å². The Morgan fingerprint density at radius 1 is 1.29 bits per heavy atom. The van der Waals surface area contributed by atoms with Crippen LogP contribution < -0.4 is 10.6 Å². The zero-order valence-corrected chi connectivity index (χ0v) is 13.9. The summed E-state index contributed by atoms with van der Waals surface area (Å²) in [5.41, 5.74) is 7.01. The van der Waals surface area contributed by atoms with Crippen molar-refractivity contribution in [3.63, 3.8) is 0 Å². The molecule has 1 saturated heterocycles. The first-order valence-electron chi connectivity index (χ1n) is 8.26. The Morgan fingerprint density at radius 3 is 2.79 bits per heavy atom. The predicted octanol–water partition coefficient (Wildman–Crippen LogP) is 1.60. The number of rotatable bonds is 4. The lowest BCUT2D eigenvalue weighted by molar-refractivity contribution is -0.133. The van der Waals surface area contributed by atoms with Crippen molar-refractivity contribution in [2.45, 2.75) is 24.9 Å². The van der Waals surface area contributed by atoms with Crippen LogP contribution in [0.15, 0.2) is 48.7 Å². The van der Waals surface area contributed by atoms with E-state index >= 15 is 0 Å². The number of piperidine rings is 1. The minimum Gasteiger partial charge on any atom is -0.353 e. The van der Waals surface area contributed by atoms with Gasteiger partial charge in [0.05, 0.1) is 0 Å².